The van der Waals surface area contributed by atoms with Crippen molar-refractivity contribution in [3.8, 4) is 5.75 Å². The lowest BCUT2D eigenvalue weighted by Crippen LogP contribution is -2.35. The Bertz CT molecular complexity index is 779. The normalized spacial score (nSPS) is 14.3. The molecule has 7 nitrogen and oxygen atoms in total. The minimum absolute atomic E-state index is 0.00807. The van der Waals surface area contributed by atoms with Crippen molar-refractivity contribution >= 4 is 23.3 Å². The first-order chi connectivity index (χ1) is 12.0. The molecular formula is C18H19N3O4. The Labute approximate surface area is 145 Å². The zero-order valence-corrected chi connectivity index (χ0v) is 13.7. The third-order valence-electron chi connectivity index (χ3n) is 3.94. The van der Waals surface area contributed by atoms with Crippen LogP contribution in [0.5, 0.6) is 5.75 Å². The number of benzene rings is 2. The molecule has 1 unspecified atom stereocenters. The van der Waals surface area contributed by atoms with Gasteiger partial charge in [-0.2, -0.15) is 0 Å². The molecule has 0 saturated carbocycles. The van der Waals surface area contributed by atoms with Crippen LogP contribution in [0.4, 0.5) is 16.2 Å². The van der Waals surface area contributed by atoms with Crippen molar-refractivity contribution in [2.24, 2.45) is 0 Å². The maximum absolute atomic E-state index is 12.0. The van der Waals surface area contributed by atoms with E-state index in [1.165, 1.54) is 4.90 Å². The van der Waals surface area contributed by atoms with E-state index < -0.39 is 12.1 Å². The lowest BCUT2D eigenvalue weighted by atomic mass is 10.1. The number of amides is 3. The maximum atomic E-state index is 12.0. The minimum atomic E-state index is -0.785. The van der Waals surface area contributed by atoms with E-state index in [0.29, 0.717) is 17.1 Å². The van der Waals surface area contributed by atoms with Crippen molar-refractivity contribution in [1.29, 1.82) is 0 Å². The van der Waals surface area contributed by atoms with Crippen molar-refractivity contribution < 1.29 is 19.4 Å². The summed E-state index contributed by atoms with van der Waals surface area (Å²) in [5, 5.41) is 15.4. The molecule has 1 aliphatic rings. The van der Waals surface area contributed by atoms with Crippen LogP contribution in [0.15, 0.2) is 48.5 Å². The molecule has 130 valence electrons. The summed E-state index contributed by atoms with van der Waals surface area (Å²) in [7, 11) is 1.66. The van der Waals surface area contributed by atoms with Gasteiger partial charge in [0.1, 0.15) is 5.75 Å². The molecule has 0 spiro atoms. The molecule has 3 N–H and O–H groups in total. The van der Waals surface area contributed by atoms with E-state index in [2.05, 4.69) is 10.6 Å². The van der Waals surface area contributed by atoms with Crippen molar-refractivity contribution in [2.75, 3.05) is 30.4 Å². The molecule has 1 heterocycles. The van der Waals surface area contributed by atoms with Gasteiger partial charge in [-0.05, 0) is 23.8 Å². The van der Waals surface area contributed by atoms with Crippen molar-refractivity contribution in [1.82, 2.24) is 5.32 Å². The first-order valence-electron chi connectivity index (χ1n) is 7.86. The Kier molecular flexibility index (Phi) is 4.85. The SMILES string of the molecule is CN1C(=O)COc2ccc(NC(=O)NCC(O)c3ccccc3)cc21. The fourth-order valence-electron chi connectivity index (χ4n) is 2.51. The molecule has 1 atom stereocenters. The van der Waals surface area contributed by atoms with Crippen molar-refractivity contribution in [2.45, 2.75) is 6.10 Å². The van der Waals surface area contributed by atoms with Gasteiger partial charge in [0.05, 0.1) is 11.8 Å². The van der Waals surface area contributed by atoms with E-state index in [1.807, 2.05) is 18.2 Å². The summed E-state index contributed by atoms with van der Waals surface area (Å²) in [5.41, 5.74) is 1.85. The molecule has 1 aliphatic heterocycles. The summed E-state index contributed by atoms with van der Waals surface area (Å²) in [6, 6.07) is 13.7. The molecule has 0 radical (unpaired) electrons. The number of nitrogens with zero attached hydrogens (tertiary/aromatic N) is 1. The van der Waals surface area contributed by atoms with Crippen LogP contribution in [-0.4, -0.2) is 37.2 Å². The Balaban J connectivity index is 1.59. The number of hydrogen-bond acceptors (Lipinski definition) is 4. The zero-order chi connectivity index (χ0) is 17.8. The molecule has 0 fully saturated rings. The lowest BCUT2D eigenvalue weighted by molar-refractivity contribution is -0.120. The highest BCUT2D eigenvalue weighted by Gasteiger charge is 2.22. The molecule has 3 rings (SSSR count). The van der Waals surface area contributed by atoms with Crippen LogP contribution in [-0.2, 0) is 4.79 Å². The Morgan fingerprint density at radius 3 is 2.80 bits per heavy atom. The molecular weight excluding hydrogens is 322 g/mol. The van der Waals surface area contributed by atoms with Crippen molar-refractivity contribution in [3.05, 3.63) is 54.1 Å². The van der Waals surface area contributed by atoms with Gasteiger partial charge >= 0.3 is 6.03 Å². The molecule has 7 heteroatoms. The molecule has 25 heavy (non-hydrogen) atoms. The van der Waals surface area contributed by atoms with Gasteiger partial charge in [-0.1, -0.05) is 30.3 Å². The molecule has 0 aromatic heterocycles. The van der Waals surface area contributed by atoms with E-state index in [1.54, 1.807) is 37.4 Å². The number of ether oxygens (including phenoxy) is 1. The number of anilines is 2. The summed E-state index contributed by atoms with van der Waals surface area (Å²) < 4.78 is 5.34. The Morgan fingerprint density at radius 1 is 1.28 bits per heavy atom. The van der Waals surface area contributed by atoms with E-state index in [9.17, 15) is 14.7 Å². The Morgan fingerprint density at radius 2 is 2.04 bits per heavy atom. The van der Waals surface area contributed by atoms with Gasteiger partial charge in [0, 0.05) is 19.3 Å². The predicted octanol–water partition coefficient (Wildman–Crippen LogP) is 1.90. The van der Waals surface area contributed by atoms with Gasteiger partial charge in [-0.25, -0.2) is 4.79 Å². The van der Waals surface area contributed by atoms with Crippen LogP contribution in [0, 0.1) is 0 Å². The smallest absolute Gasteiger partial charge is 0.319 e. The van der Waals surface area contributed by atoms with Gasteiger partial charge in [-0.15, -0.1) is 0 Å². The number of hydrogen-bond donors (Lipinski definition) is 3. The van der Waals surface area contributed by atoms with E-state index >= 15 is 0 Å². The topological polar surface area (TPSA) is 90.9 Å². The van der Waals surface area contributed by atoms with Crippen LogP contribution >= 0.6 is 0 Å². The fourth-order valence-corrected chi connectivity index (χ4v) is 2.51. The molecule has 0 aliphatic carbocycles. The van der Waals surface area contributed by atoms with Crippen LogP contribution in [0.25, 0.3) is 0 Å². The number of urea groups is 1. The van der Waals surface area contributed by atoms with E-state index in [0.717, 1.165) is 5.56 Å². The molecule has 0 bridgehead atoms. The minimum Gasteiger partial charge on any atom is -0.482 e. The number of nitrogens with one attached hydrogen (secondary N) is 2. The number of fused-ring (bicyclic) bond motifs is 1. The average molecular weight is 341 g/mol. The highest BCUT2D eigenvalue weighted by molar-refractivity contribution is 5.99. The summed E-state index contributed by atoms with van der Waals surface area (Å²) in [5.74, 6) is 0.438. The van der Waals surface area contributed by atoms with Gasteiger partial charge in [0.15, 0.2) is 6.61 Å². The molecule has 2 aromatic rings. The third-order valence-corrected chi connectivity index (χ3v) is 3.94. The van der Waals surface area contributed by atoms with Gasteiger partial charge in [0.2, 0.25) is 0 Å². The maximum Gasteiger partial charge on any atom is 0.319 e. The fraction of sp³-hybridized carbons (Fsp3) is 0.222. The second-order valence-corrected chi connectivity index (χ2v) is 5.69. The van der Waals surface area contributed by atoms with Gasteiger partial charge in [0.25, 0.3) is 5.91 Å². The summed E-state index contributed by atoms with van der Waals surface area (Å²) in [6.45, 7) is 0.0937. The zero-order valence-electron chi connectivity index (χ0n) is 13.7. The molecule has 3 amide bonds. The first kappa shape index (κ1) is 16.8. The molecule has 2 aromatic carbocycles. The molecule has 0 saturated heterocycles. The largest absolute Gasteiger partial charge is 0.482 e. The second kappa shape index (κ2) is 7.23. The monoisotopic (exact) mass is 341 g/mol. The van der Waals surface area contributed by atoms with Gasteiger partial charge < -0.3 is 25.4 Å². The predicted molar refractivity (Wildman–Crippen MR) is 93.8 cm³/mol. The number of rotatable bonds is 4. The van der Waals surface area contributed by atoms with Crippen LogP contribution in [0.2, 0.25) is 0 Å². The lowest BCUT2D eigenvalue weighted by Gasteiger charge is -2.26. The summed E-state index contributed by atoms with van der Waals surface area (Å²) in [4.78, 5) is 25.2. The second-order valence-electron chi connectivity index (χ2n) is 5.69. The third kappa shape index (κ3) is 3.89. The summed E-state index contributed by atoms with van der Waals surface area (Å²) >= 11 is 0. The highest BCUT2D eigenvalue weighted by Crippen LogP contribution is 2.33. The van der Waals surface area contributed by atoms with Crippen LogP contribution < -0.4 is 20.3 Å². The summed E-state index contributed by atoms with van der Waals surface area (Å²) in [6.07, 6.45) is -0.785. The number of aliphatic hydroxyl groups excluding tert-OH is 1. The number of likely N-dealkylation sites (N-methyl/N-ethyl adjacent to an activating group) is 1. The standard InChI is InChI=1S/C18H19N3O4/c1-21-14-9-13(7-8-16(14)25-11-17(21)23)20-18(24)19-10-15(22)12-5-3-2-4-6-12/h2-9,15,22H,10-11H2,1H3,(H2,19,20,24). The van der Waals surface area contributed by atoms with E-state index in [4.69, 9.17) is 4.74 Å². The Hall–Kier alpha value is -3.06. The van der Waals surface area contributed by atoms with Crippen LogP contribution in [0.1, 0.15) is 11.7 Å². The highest BCUT2D eigenvalue weighted by atomic mass is 16.5. The number of carbonyl (C=O) groups is 2. The number of aliphatic hydroxyl groups is 1. The average Bonchev–Trinajstić information content (AvgIpc) is 2.64. The van der Waals surface area contributed by atoms with Crippen LogP contribution in [0.3, 0.4) is 0 Å². The number of carbonyl (C=O) groups excluding carboxylic acids is 2. The van der Waals surface area contributed by atoms with Crippen molar-refractivity contribution in [3.63, 3.8) is 0 Å². The van der Waals surface area contributed by atoms with E-state index in [-0.39, 0.29) is 19.1 Å². The quantitative estimate of drug-likeness (QED) is 0.792. The first-order valence-corrected chi connectivity index (χ1v) is 7.86. The van der Waals surface area contributed by atoms with Gasteiger partial charge in [-0.3, -0.25) is 4.79 Å².